The fourth-order valence-corrected chi connectivity index (χ4v) is 2.98. The minimum absolute atomic E-state index is 0.197. The first-order chi connectivity index (χ1) is 14.3. The molecule has 0 saturated heterocycles. The van der Waals surface area contributed by atoms with Gasteiger partial charge in [0.1, 0.15) is 11.4 Å². The number of ether oxygens (including phenoxy) is 2. The van der Waals surface area contributed by atoms with Crippen molar-refractivity contribution < 1.29 is 19.1 Å². The van der Waals surface area contributed by atoms with Crippen molar-refractivity contribution >= 4 is 17.6 Å². The zero-order valence-corrected chi connectivity index (χ0v) is 17.2. The van der Waals surface area contributed by atoms with Crippen LogP contribution in [-0.4, -0.2) is 34.5 Å². The van der Waals surface area contributed by atoms with Crippen molar-refractivity contribution in [1.82, 2.24) is 9.36 Å². The Kier molecular flexibility index (Phi) is 6.06. The van der Waals surface area contributed by atoms with Crippen molar-refractivity contribution in [2.45, 2.75) is 20.0 Å². The van der Waals surface area contributed by atoms with Gasteiger partial charge < -0.3 is 14.8 Å². The molecule has 156 valence electrons. The molecule has 0 radical (unpaired) electrons. The number of esters is 1. The molecule has 8 heteroatoms. The van der Waals surface area contributed by atoms with Crippen molar-refractivity contribution in [2.24, 2.45) is 7.05 Å². The molecule has 0 unspecified atom stereocenters. The molecular weight excluding hydrogens is 386 g/mol. The number of rotatable bonds is 6. The number of carbonyl (C=O) groups is 2. The van der Waals surface area contributed by atoms with Gasteiger partial charge in [0, 0.05) is 7.05 Å². The number of nitrogens with zero attached hydrogens (tertiary/aromatic N) is 2. The summed E-state index contributed by atoms with van der Waals surface area (Å²) in [4.78, 5) is 37.0. The standard InChI is InChI=1S/C22H23N3O5/c1-14-19(21(27)25(24(14)3)17-8-6-5-7-9-17)23-20(26)15(2)30-18-12-10-16(11-13-18)22(28)29-4/h5-13,15H,1-4H3,(H,23,26)/t15-/m1/s1. The molecule has 0 aliphatic rings. The molecule has 30 heavy (non-hydrogen) atoms. The summed E-state index contributed by atoms with van der Waals surface area (Å²) in [5, 5.41) is 2.68. The van der Waals surface area contributed by atoms with E-state index in [2.05, 4.69) is 10.1 Å². The van der Waals surface area contributed by atoms with Crippen molar-refractivity contribution in [1.29, 1.82) is 0 Å². The molecule has 1 aromatic heterocycles. The highest BCUT2D eigenvalue weighted by Gasteiger charge is 2.22. The minimum atomic E-state index is -0.863. The molecule has 8 nitrogen and oxygen atoms in total. The van der Waals surface area contributed by atoms with Crippen LogP contribution in [0.5, 0.6) is 5.75 Å². The first-order valence-electron chi connectivity index (χ1n) is 9.33. The number of para-hydroxylation sites is 1. The van der Waals surface area contributed by atoms with Gasteiger partial charge in [-0.05, 0) is 50.2 Å². The van der Waals surface area contributed by atoms with Gasteiger partial charge in [0.2, 0.25) is 0 Å². The monoisotopic (exact) mass is 409 g/mol. The van der Waals surface area contributed by atoms with E-state index >= 15 is 0 Å². The van der Waals surface area contributed by atoms with Gasteiger partial charge >= 0.3 is 5.97 Å². The number of anilines is 1. The second-order valence-electron chi connectivity index (χ2n) is 6.70. The number of methoxy groups -OCH3 is 1. The number of hydrogen-bond acceptors (Lipinski definition) is 5. The highest BCUT2D eigenvalue weighted by molar-refractivity contribution is 5.94. The highest BCUT2D eigenvalue weighted by atomic mass is 16.5. The summed E-state index contributed by atoms with van der Waals surface area (Å²) < 4.78 is 13.5. The maximum absolute atomic E-state index is 12.9. The first-order valence-corrected chi connectivity index (χ1v) is 9.33. The van der Waals surface area contributed by atoms with Crippen LogP contribution in [0.25, 0.3) is 5.69 Å². The minimum Gasteiger partial charge on any atom is -0.481 e. The second kappa shape index (κ2) is 8.69. The molecule has 2 aromatic carbocycles. The second-order valence-corrected chi connectivity index (χ2v) is 6.70. The van der Waals surface area contributed by atoms with Crippen LogP contribution in [0.15, 0.2) is 59.4 Å². The summed E-state index contributed by atoms with van der Waals surface area (Å²) in [5.41, 5.74) is 1.56. The van der Waals surface area contributed by atoms with Gasteiger partial charge in [-0.25, -0.2) is 9.48 Å². The van der Waals surface area contributed by atoms with Crippen LogP contribution >= 0.6 is 0 Å². The number of amides is 1. The van der Waals surface area contributed by atoms with Crippen LogP contribution in [-0.2, 0) is 16.6 Å². The Morgan fingerprint density at radius 3 is 2.27 bits per heavy atom. The summed E-state index contributed by atoms with van der Waals surface area (Å²) in [7, 11) is 3.05. The van der Waals surface area contributed by atoms with Crippen LogP contribution < -0.4 is 15.6 Å². The lowest BCUT2D eigenvalue weighted by Gasteiger charge is -2.14. The van der Waals surface area contributed by atoms with Crippen LogP contribution in [0.4, 0.5) is 5.69 Å². The number of aromatic nitrogens is 2. The molecule has 3 rings (SSSR count). The SMILES string of the molecule is COC(=O)c1ccc(O[C@H](C)C(=O)Nc2c(C)n(C)n(-c3ccccc3)c2=O)cc1. The van der Waals surface area contributed by atoms with Gasteiger partial charge in [-0.15, -0.1) is 0 Å². The summed E-state index contributed by atoms with van der Waals surface area (Å²) in [6.45, 7) is 3.34. The fourth-order valence-electron chi connectivity index (χ4n) is 2.98. The van der Waals surface area contributed by atoms with E-state index in [1.807, 2.05) is 30.3 Å². The van der Waals surface area contributed by atoms with Crippen molar-refractivity contribution in [3.8, 4) is 11.4 Å². The summed E-state index contributed by atoms with van der Waals surface area (Å²) in [5.74, 6) is -0.503. The predicted octanol–water partition coefficient (Wildman–Crippen LogP) is 2.68. The van der Waals surface area contributed by atoms with Crippen LogP contribution in [0.1, 0.15) is 23.0 Å². The van der Waals surface area contributed by atoms with Crippen LogP contribution in [0, 0.1) is 6.92 Å². The third-order valence-corrected chi connectivity index (χ3v) is 4.76. The van der Waals surface area contributed by atoms with Gasteiger partial charge in [0.05, 0.1) is 24.1 Å². The van der Waals surface area contributed by atoms with E-state index < -0.39 is 18.0 Å². The molecule has 1 heterocycles. The zero-order valence-electron chi connectivity index (χ0n) is 17.2. The molecule has 1 atom stereocenters. The molecule has 1 N–H and O–H groups in total. The molecule has 1 amide bonds. The molecule has 0 aliphatic heterocycles. The number of benzene rings is 2. The molecule has 0 bridgehead atoms. The van der Waals surface area contributed by atoms with Gasteiger partial charge in [0.15, 0.2) is 6.10 Å². The van der Waals surface area contributed by atoms with Crippen molar-refractivity contribution in [3.63, 3.8) is 0 Å². The molecule has 0 fully saturated rings. The molecule has 0 spiro atoms. The predicted molar refractivity (Wildman–Crippen MR) is 112 cm³/mol. The number of hydrogen-bond donors (Lipinski definition) is 1. The number of nitrogens with one attached hydrogen (secondary N) is 1. The van der Waals surface area contributed by atoms with E-state index in [9.17, 15) is 14.4 Å². The Morgan fingerprint density at radius 1 is 1.03 bits per heavy atom. The Labute approximate surface area is 173 Å². The third-order valence-electron chi connectivity index (χ3n) is 4.76. The fraction of sp³-hybridized carbons (Fsp3) is 0.227. The normalized spacial score (nSPS) is 11.6. The third kappa shape index (κ3) is 4.12. The average Bonchev–Trinajstić information content (AvgIpc) is 2.97. The topological polar surface area (TPSA) is 91.6 Å². The molecular formula is C22H23N3O5. The highest BCUT2D eigenvalue weighted by Crippen LogP contribution is 2.17. The lowest BCUT2D eigenvalue weighted by Crippen LogP contribution is -2.32. The van der Waals surface area contributed by atoms with Crippen LogP contribution in [0.3, 0.4) is 0 Å². The average molecular weight is 409 g/mol. The van der Waals surface area contributed by atoms with E-state index in [1.165, 1.54) is 11.8 Å². The van der Waals surface area contributed by atoms with Crippen molar-refractivity contribution in [2.75, 3.05) is 12.4 Å². The van der Waals surface area contributed by atoms with Gasteiger partial charge in [-0.1, -0.05) is 18.2 Å². The van der Waals surface area contributed by atoms with E-state index in [0.717, 1.165) is 0 Å². The number of carbonyl (C=O) groups excluding carboxylic acids is 2. The largest absolute Gasteiger partial charge is 0.481 e. The van der Waals surface area contributed by atoms with Gasteiger partial charge in [-0.3, -0.25) is 14.3 Å². The molecule has 3 aromatic rings. The maximum atomic E-state index is 12.9. The Hall–Kier alpha value is -3.81. The van der Waals surface area contributed by atoms with Crippen LogP contribution in [0.2, 0.25) is 0 Å². The van der Waals surface area contributed by atoms with E-state index in [4.69, 9.17) is 4.74 Å². The summed E-state index contributed by atoms with van der Waals surface area (Å²) in [6.07, 6.45) is -0.863. The molecule has 0 aliphatic carbocycles. The van der Waals surface area contributed by atoms with E-state index in [-0.39, 0.29) is 11.2 Å². The smallest absolute Gasteiger partial charge is 0.337 e. The zero-order chi connectivity index (χ0) is 21.8. The maximum Gasteiger partial charge on any atom is 0.337 e. The summed E-state index contributed by atoms with van der Waals surface area (Å²) >= 11 is 0. The lowest BCUT2D eigenvalue weighted by atomic mass is 10.2. The van der Waals surface area contributed by atoms with Gasteiger partial charge in [0.25, 0.3) is 11.5 Å². The van der Waals surface area contributed by atoms with Crippen molar-refractivity contribution in [3.05, 3.63) is 76.2 Å². The van der Waals surface area contributed by atoms with E-state index in [1.54, 1.807) is 49.8 Å². The molecule has 0 saturated carbocycles. The Morgan fingerprint density at radius 2 is 1.67 bits per heavy atom. The quantitative estimate of drug-likeness (QED) is 0.632. The Balaban J connectivity index is 1.76. The first kappa shape index (κ1) is 20.9. The summed E-state index contributed by atoms with van der Waals surface area (Å²) in [6, 6.07) is 15.4. The van der Waals surface area contributed by atoms with E-state index in [0.29, 0.717) is 22.7 Å². The van der Waals surface area contributed by atoms with Gasteiger partial charge in [-0.2, -0.15) is 0 Å². The lowest BCUT2D eigenvalue weighted by molar-refractivity contribution is -0.122. The Bertz CT molecular complexity index is 1110.